The maximum Gasteiger partial charge on any atom is 0.249 e. The third kappa shape index (κ3) is 21.9. The molecule has 0 aliphatic carbocycles. The van der Waals surface area contributed by atoms with Gasteiger partial charge in [-0.3, -0.25) is 4.79 Å². The molecule has 50 heavy (non-hydrogen) atoms. The maximum atomic E-state index is 12.9. The molecule has 0 radical (unpaired) electrons. The lowest BCUT2D eigenvalue weighted by Crippen LogP contribution is -2.60. The summed E-state index contributed by atoms with van der Waals surface area (Å²) in [5.41, 5.74) is 0. The van der Waals surface area contributed by atoms with E-state index >= 15 is 0 Å². The van der Waals surface area contributed by atoms with Crippen LogP contribution in [-0.4, -0.2) is 98.7 Å². The number of unbranched alkanes of at least 4 members (excludes halogenated alkanes) is 19. The van der Waals surface area contributed by atoms with Gasteiger partial charge in [0.2, 0.25) is 5.91 Å². The number of nitrogens with one attached hydrogen (secondary N) is 1. The Morgan fingerprint density at radius 2 is 1.18 bits per heavy atom. The lowest BCUT2D eigenvalue weighted by Gasteiger charge is -2.40. The van der Waals surface area contributed by atoms with Crippen LogP contribution in [0.15, 0.2) is 24.3 Å². The van der Waals surface area contributed by atoms with E-state index in [0.717, 1.165) is 32.1 Å². The second-order valence-electron chi connectivity index (χ2n) is 14.2. The third-order valence-corrected chi connectivity index (χ3v) is 9.64. The van der Waals surface area contributed by atoms with E-state index in [-0.39, 0.29) is 6.61 Å². The van der Waals surface area contributed by atoms with Crippen molar-refractivity contribution in [3.05, 3.63) is 24.3 Å². The van der Waals surface area contributed by atoms with Gasteiger partial charge < -0.3 is 45.4 Å². The highest BCUT2D eigenvalue weighted by molar-refractivity contribution is 5.80. The monoisotopic (exact) mass is 714 g/mol. The predicted molar refractivity (Wildman–Crippen MR) is 199 cm³/mol. The van der Waals surface area contributed by atoms with Crippen LogP contribution in [0.5, 0.6) is 0 Å². The molecule has 1 amide bonds. The summed E-state index contributed by atoms with van der Waals surface area (Å²) in [6.45, 7) is 3.54. The van der Waals surface area contributed by atoms with Crippen LogP contribution >= 0.6 is 0 Å². The van der Waals surface area contributed by atoms with Crippen molar-refractivity contribution in [3.63, 3.8) is 0 Å². The average molecular weight is 714 g/mol. The first-order chi connectivity index (χ1) is 24.3. The Kier molecular flexibility index (Phi) is 29.1. The highest BCUT2D eigenvalue weighted by Gasteiger charge is 2.44. The highest BCUT2D eigenvalue weighted by atomic mass is 16.7. The summed E-state index contributed by atoms with van der Waals surface area (Å²) in [5.74, 6) is -0.628. The lowest BCUT2D eigenvalue weighted by atomic mass is 9.99. The molecule has 1 fully saturated rings. The molecular formula is C40H75NO9. The summed E-state index contributed by atoms with van der Waals surface area (Å²) >= 11 is 0. The SMILES string of the molecule is CCCCCCCCC/C=C/CC/C=C/[C@@H](O)[C@H](CO[C@@H]1OC(CO)[C@H](O)C(O)C1O)NC(=O)C(O)CCCCCCCCCCCCCC. The van der Waals surface area contributed by atoms with Crippen molar-refractivity contribution in [2.75, 3.05) is 13.2 Å². The van der Waals surface area contributed by atoms with E-state index in [2.05, 4.69) is 31.3 Å². The number of allylic oxidation sites excluding steroid dienone is 3. The molecule has 0 aromatic heterocycles. The van der Waals surface area contributed by atoms with Gasteiger partial charge in [-0.2, -0.15) is 0 Å². The van der Waals surface area contributed by atoms with Gasteiger partial charge in [-0.05, 0) is 32.1 Å². The zero-order chi connectivity index (χ0) is 36.8. The maximum absolute atomic E-state index is 12.9. The molecule has 0 aromatic rings. The van der Waals surface area contributed by atoms with Gasteiger partial charge in [-0.25, -0.2) is 0 Å². The molecule has 0 saturated carbocycles. The van der Waals surface area contributed by atoms with E-state index in [9.17, 15) is 35.4 Å². The van der Waals surface area contributed by atoms with Crippen LogP contribution in [0.3, 0.4) is 0 Å². The van der Waals surface area contributed by atoms with Crippen molar-refractivity contribution in [2.45, 2.75) is 210 Å². The van der Waals surface area contributed by atoms with Crippen LogP contribution in [0.2, 0.25) is 0 Å². The molecule has 0 bridgehead atoms. The summed E-state index contributed by atoms with van der Waals surface area (Å²) in [6.07, 6.45) is 24.1. The predicted octanol–water partition coefficient (Wildman–Crippen LogP) is 6.13. The number of hydrogen-bond donors (Lipinski definition) is 7. The van der Waals surface area contributed by atoms with Gasteiger partial charge >= 0.3 is 0 Å². The molecule has 1 rings (SSSR count). The standard InChI is InChI=1S/C40H75NO9/c1-3-5-7-9-11-13-15-17-19-20-22-24-26-28-33(43)32(31-49-40-38(47)37(46)36(45)35(30-42)50-40)41-39(48)34(44)29-27-25-23-21-18-16-14-12-10-8-6-4-2/h19-20,26,28,32-38,40,42-47H,3-18,21-25,27,29-31H2,1-2H3,(H,41,48)/b20-19+,28-26+/t32-,33+,34?,35?,36-,37?,38?,40+/m0/s1. The van der Waals surface area contributed by atoms with E-state index in [0.29, 0.717) is 19.3 Å². The average Bonchev–Trinajstić information content (AvgIpc) is 3.11. The first-order valence-corrected chi connectivity index (χ1v) is 20.2. The van der Waals surface area contributed by atoms with Gasteiger partial charge in [-0.15, -0.1) is 0 Å². The largest absolute Gasteiger partial charge is 0.394 e. The molecule has 0 spiro atoms. The highest BCUT2D eigenvalue weighted by Crippen LogP contribution is 2.22. The minimum atomic E-state index is -1.61. The van der Waals surface area contributed by atoms with Gasteiger partial charge in [0.15, 0.2) is 6.29 Å². The first-order valence-electron chi connectivity index (χ1n) is 20.2. The Morgan fingerprint density at radius 1 is 0.680 bits per heavy atom. The van der Waals surface area contributed by atoms with Crippen molar-refractivity contribution >= 4 is 5.91 Å². The van der Waals surface area contributed by atoms with Crippen molar-refractivity contribution in [2.24, 2.45) is 0 Å². The minimum absolute atomic E-state index is 0.306. The third-order valence-electron chi connectivity index (χ3n) is 9.64. The van der Waals surface area contributed by atoms with Crippen molar-refractivity contribution in [1.29, 1.82) is 0 Å². The zero-order valence-corrected chi connectivity index (χ0v) is 31.5. The van der Waals surface area contributed by atoms with E-state index in [1.165, 1.54) is 96.3 Å². The zero-order valence-electron chi connectivity index (χ0n) is 31.5. The topological polar surface area (TPSA) is 169 Å². The Labute approximate surface area is 303 Å². The van der Waals surface area contributed by atoms with Crippen LogP contribution in [0.25, 0.3) is 0 Å². The molecule has 7 N–H and O–H groups in total. The smallest absolute Gasteiger partial charge is 0.249 e. The lowest BCUT2D eigenvalue weighted by molar-refractivity contribution is -0.302. The fourth-order valence-corrected chi connectivity index (χ4v) is 6.24. The molecule has 1 heterocycles. The Morgan fingerprint density at radius 3 is 1.74 bits per heavy atom. The quantitative estimate of drug-likeness (QED) is 0.0320. The molecule has 0 aromatic carbocycles. The normalized spacial score (nSPS) is 23.1. The van der Waals surface area contributed by atoms with Gasteiger partial charge in [0.25, 0.3) is 0 Å². The summed E-state index contributed by atoms with van der Waals surface area (Å²) in [5, 5.41) is 64.3. The van der Waals surface area contributed by atoms with E-state index in [1.807, 2.05) is 6.08 Å². The number of carbonyl (C=O) groups excluding carboxylic acids is 1. The van der Waals surface area contributed by atoms with E-state index < -0.39 is 61.5 Å². The number of ether oxygens (including phenoxy) is 2. The molecular weight excluding hydrogens is 638 g/mol. The minimum Gasteiger partial charge on any atom is -0.394 e. The number of carbonyl (C=O) groups is 1. The van der Waals surface area contributed by atoms with Crippen molar-refractivity contribution in [1.82, 2.24) is 5.32 Å². The van der Waals surface area contributed by atoms with E-state index in [4.69, 9.17) is 9.47 Å². The number of amides is 1. The molecule has 1 aliphatic rings. The fourth-order valence-electron chi connectivity index (χ4n) is 6.24. The molecule has 1 aliphatic heterocycles. The van der Waals surface area contributed by atoms with Crippen molar-refractivity contribution < 1.29 is 44.9 Å². The molecule has 10 nitrogen and oxygen atoms in total. The second kappa shape index (κ2) is 31.2. The fraction of sp³-hybridized carbons (Fsp3) is 0.875. The molecule has 10 heteroatoms. The van der Waals surface area contributed by atoms with Gasteiger partial charge in [0.1, 0.15) is 30.5 Å². The first kappa shape index (κ1) is 46.7. The van der Waals surface area contributed by atoms with Gasteiger partial charge in [0, 0.05) is 0 Å². The summed E-state index contributed by atoms with van der Waals surface area (Å²) in [6, 6.07) is -0.990. The number of hydrogen-bond acceptors (Lipinski definition) is 9. The number of aliphatic hydroxyl groups is 6. The summed E-state index contributed by atoms with van der Waals surface area (Å²) < 4.78 is 11.1. The Hall–Kier alpha value is -1.37. The van der Waals surface area contributed by atoms with Crippen LogP contribution in [0.4, 0.5) is 0 Å². The summed E-state index contributed by atoms with van der Waals surface area (Å²) in [7, 11) is 0. The van der Waals surface area contributed by atoms with E-state index in [1.54, 1.807) is 6.08 Å². The number of rotatable bonds is 32. The molecule has 4 unspecified atom stereocenters. The Bertz CT molecular complexity index is 855. The summed E-state index contributed by atoms with van der Waals surface area (Å²) in [4.78, 5) is 12.9. The Balaban J connectivity index is 2.54. The van der Waals surface area contributed by atoms with Crippen LogP contribution in [0, 0.1) is 0 Å². The van der Waals surface area contributed by atoms with Crippen LogP contribution in [0.1, 0.15) is 162 Å². The molecule has 294 valence electrons. The van der Waals surface area contributed by atoms with Gasteiger partial charge in [-0.1, -0.05) is 154 Å². The number of aliphatic hydroxyl groups excluding tert-OH is 6. The van der Waals surface area contributed by atoms with Crippen LogP contribution < -0.4 is 5.32 Å². The second-order valence-corrected chi connectivity index (χ2v) is 14.2. The van der Waals surface area contributed by atoms with Crippen LogP contribution in [-0.2, 0) is 14.3 Å². The molecule has 8 atom stereocenters. The van der Waals surface area contributed by atoms with Crippen molar-refractivity contribution in [3.8, 4) is 0 Å². The van der Waals surface area contributed by atoms with Gasteiger partial charge in [0.05, 0.1) is 25.4 Å². The molecule has 1 saturated heterocycles.